The summed E-state index contributed by atoms with van der Waals surface area (Å²) in [6, 6.07) is 7.31. The molecule has 2 amide bonds. The topological polar surface area (TPSA) is 52.7 Å². The summed E-state index contributed by atoms with van der Waals surface area (Å²) in [5.74, 6) is -0.322. The Morgan fingerprint density at radius 1 is 1.24 bits per heavy atom. The van der Waals surface area contributed by atoms with Crippen LogP contribution in [0.1, 0.15) is 12.5 Å². The fourth-order valence-electron chi connectivity index (χ4n) is 1.76. The monoisotopic (exact) mass is 311 g/mol. The van der Waals surface area contributed by atoms with E-state index in [9.17, 15) is 9.59 Å². The number of rotatable bonds is 7. The van der Waals surface area contributed by atoms with Gasteiger partial charge in [0.25, 0.3) is 0 Å². The van der Waals surface area contributed by atoms with Gasteiger partial charge in [-0.15, -0.1) is 0 Å². The largest absolute Gasteiger partial charge is 0.353 e. The van der Waals surface area contributed by atoms with Crippen molar-refractivity contribution in [3.8, 4) is 0 Å². The Kier molecular flexibility index (Phi) is 7.19. The number of nitrogens with one attached hydrogen (secondary N) is 1. The van der Waals surface area contributed by atoms with Crippen molar-refractivity contribution in [3.05, 3.63) is 34.9 Å². The van der Waals surface area contributed by atoms with E-state index in [4.69, 9.17) is 11.6 Å². The van der Waals surface area contributed by atoms with E-state index in [1.54, 1.807) is 6.07 Å². The lowest BCUT2D eigenvalue weighted by Crippen LogP contribution is -2.41. The first-order valence-electron chi connectivity index (χ1n) is 6.80. The Balaban J connectivity index is 2.56. The maximum atomic E-state index is 11.9. The van der Waals surface area contributed by atoms with Crippen LogP contribution >= 0.6 is 11.6 Å². The maximum Gasteiger partial charge on any atom is 0.239 e. The molecule has 1 rings (SSSR count). The molecule has 116 valence electrons. The van der Waals surface area contributed by atoms with Crippen molar-refractivity contribution < 1.29 is 9.59 Å². The Morgan fingerprint density at radius 3 is 2.48 bits per heavy atom. The highest BCUT2D eigenvalue weighted by atomic mass is 35.5. The lowest BCUT2D eigenvalue weighted by Gasteiger charge is -2.21. The first-order chi connectivity index (χ1) is 9.90. The summed E-state index contributed by atoms with van der Waals surface area (Å²) in [4.78, 5) is 27.0. The van der Waals surface area contributed by atoms with Crippen LogP contribution in [0.5, 0.6) is 0 Å². The molecule has 0 radical (unpaired) electrons. The number of hydrogen-bond donors (Lipinski definition) is 1. The molecule has 0 spiro atoms. The van der Waals surface area contributed by atoms with Crippen molar-refractivity contribution in [1.82, 2.24) is 15.1 Å². The minimum atomic E-state index is -0.167. The van der Waals surface area contributed by atoms with Gasteiger partial charge < -0.3 is 15.1 Å². The molecule has 1 aromatic carbocycles. The Hall–Kier alpha value is -1.59. The zero-order valence-electron chi connectivity index (χ0n) is 12.7. The van der Waals surface area contributed by atoms with Gasteiger partial charge in [-0.3, -0.25) is 9.59 Å². The first-order valence-corrected chi connectivity index (χ1v) is 7.18. The van der Waals surface area contributed by atoms with E-state index in [2.05, 4.69) is 5.32 Å². The number of likely N-dealkylation sites (N-methyl/N-ethyl adjacent to an activating group) is 1. The van der Waals surface area contributed by atoms with Gasteiger partial charge in [0.2, 0.25) is 11.8 Å². The smallest absolute Gasteiger partial charge is 0.239 e. The number of amides is 2. The summed E-state index contributed by atoms with van der Waals surface area (Å²) < 4.78 is 0. The molecule has 0 bridgehead atoms. The molecule has 0 aliphatic heterocycles. The fourth-order valence-corrected chi connectivity index (χ4v) is 1.95. The summed E-state index contributed by atoms with van der Waals surface area (Å²) in [6.07, 6.45) is 0. The van der Waals surface area contributed by atoms with Crippen LogP contribution in [0.25, 0.3) is 0 Å². The Bertz CT molecular complexity index is 492. The lowest BCUT2D eigenvalue weighted by molar-refractivity contribution is -0.134. The van der Waals surface area contributed by atoms with Gasteiger partial charge in [0, 0.05) is 31.6 Å². The predicted octanol–water partition coefficient (Wildman–Crippen LogP) is 1.37. The van der Waals surface area contributed by atoms with Gasteiger partial charge in [-0.1, -0.05) is 29.8 Å². The summed E-state index contributed by atoms with van der Waals surface area (Å²) in [5.41, 5.74) is 0.829. The van der Waals surface area contributed by atoms with Crippen LogP contribution in [-0.2, 0) is 16.1 Å². The highest BCUT2D eigenvalue weighted by Crippen LogP contribution is 2.16. The molecule has 0 saturated carbocycles. The summed E-state index contributed by atoms with van der Waals surface area (Å²) in [7, 11) is 3.87. The lowest BCUT2D eigenvalue weighted by atomic mass is 10.2. The van der Waals surface area contributed by atoms with Crippen LogP contribution in [0.3, 0.4) is 0 Å². The number of hydrogen-bond acceptors (Lipinski definition) is 3. The first kappa shape index (κ1) is 17.5. The normalized spacial score (nSPS) is 10.5. The Morgan fingerprint density at radius 2 is 1.90 bits per heavy atom. The van der Waals surface area contributed by atoms with Crippen molar-refractivity contribution in [2.75, 3.05) is 33.7 Å². The van der Waals surface area contributed by atoms with Crippen LogP contribution < -0.4 is 5.32 Å². The van der Waals surface area contributed by atoms with Gasteiger partial charge >= 0.3 is 0 Å². The van der Waals surface area contributed by atoms with E-state index < -0.39 is 0 Å². The van der Waals surface area contributed by atoms with Gasteiger partial charge in [0.1, 0.15) is 0 Å². The van der Waals surface area contributed by atoms with E-state index in [1.165, 1.54) is 11.8 Å². The zero-order chi connectivity index (χ0) is 15.8. The zero-order valence-corrected chi connectivity index (χ0v) is 13.5. The van der Waals surface area contributed by atoms with Gasteiger partial charge in [0.05, 0.1) is 6.54 Å². The van der Waals surface area contributed by atoms with Crippen molar-refractivity contribution >= 4 is 23.4 Å². The average molecular weight is 312 g/mol. The molecule has 1 aromatic rings. The highest BCUT2D eigenvalue weighted by molar-refractivity contribution is 6.31. The van der Waals surface area contributed by atoms with Crippen molar-refractivity contribution in [3.63, 3.8) is 0 Å². The summed E-state index contributed by atoms with van der Waals surface area (Å²) in [5, 5.41) is 3.39. The maximum absolute atomic E-state index is 11.9. The minimum absolute atomic E-state index is 0.0357. The van der Waals surface area contributed by atoms with Crippen LogP contribution in [0, 0.1) is 0 Å². The third-order valence-corrected chi connectivity index (χ3v) is 3.35. The molecule has 6 heteroatoms. The van der Waals surface area contributed by atoms with Gasteiger partial charge in [-0.25, -0.2) is 0 Å². The van der Waals surface area contributed by atoms with Gasteiger partial charge in [0.15, 0.2) is 0 Å². The van der Waals surface area contributed by atoms with E-state index in [1.807, 2.05) is 37.2 Å². The van der Waals surface area contributed by atoms with Crippen molar-refractivity contribution in [2.45, 2.75) is 13.5 Å². The molecule has 0 aliphatic carbocycles. The molecular formula is C15H22ClN3O2. The third kappa shape index (κ3) is 6.60. The number of benzene rings is 1. The van der Waals surface area contributed by atoms with E-state index in [-0.39, 0.29) is 18.4 Å². The SMILES string of the molecule is CC(=O)N(CC(=O)NCCN(C)C)Cc1ccccc1Cl. The van der Waals surface area contributed by atoms with Crippen LogP contribution in [-0.4, -0.2) is 55.3 Å². The second-order valence-electron chi connectivity index (χ2n) is 5.12. The fraction of sp³-hybridized carbons (Fsp3) is 0.467. The van der Waals surface area contributed by atoms with E-state index >= 15 is 0 Å². The molecule has 0 atom stereocenters. The van der Waals surface area contributed by atoms with Crippen LogP contribution in [0.2, 0.25) is 5.02 Å². The van der Waals surface area contributed by atoms with E-state index in [0.717, 1.165) is 12.1 Å². The standard InChI is InChI=1S/C15H22ClN3O2/c1-12(20)19(10-13-6-4-5-7-14(13)16)11-15(21)17-8-9-18(2)3/h4-7H,8-11H2,1-3H3,(H,17,21). The molecule has 5 nitrogen and oxygen atoms in total. The van der Waals surface area contributed by atoms with Gasteiger partial charge in [-0.05, 0) is 25.7 Å². The van der Waals surface area contributed by atoms with E-state index in [0.29, 0.717) is 18.1 Å². The van der Waals surface area contributed by atoms with Crippen LogP contribution in [0.15, 0.2) is 24.3 Å². The van der Waals surface area contributed by atoms with Gasteiger partial charge in [-0.2, -0.15) is 0 Å². The van der Waals surface area contributed by atoms with Crippen molar-refractivity contribution in [2.24, 2.45) is 0 Å². The average Bonchev–Trinajstić information content (AvgIpc) is 2.39. The second-order valence-corrected chi connectivity index (χ2v) is 5.53. The molecule has 21 heavy (non-hydrogen) atoms. The molecule has 0 aromatic heterocycles. The quantitative estimate of drug-likeness (QED) is 0.827. The molecule has 0 aliphatic rings. The number of nitrogens with zero attached hydrogens (tertiary/aromatic N) is 2. The highest BCUT2D eigenvalue weighted by Gasteiger charge is 2.15. The van der Waals surface area contributed by atoms with Crippen molar-refractivity contribution in [1.29, 1.82) is 0 Å². The molecule has 0 heterocycles. The third-order valence-electron chi connectivity index (χ3n) is 2.98. The summed E-state index contributed by atoms with van der Waals surface area (Å²) in [6.45, 7) is 3.13. The summed E-state index contributed by atoms with van der Waals surface area (Å²) >= 11 is 6.08. The minimum Gasteiger partial charge on any atom is -0.353 e. The molecule has 0 fully saturated rings. The molecule has 0 saturated heterocycles. The Labute approximate surface area is 130 Å². The number of halogens is 1. The van der Waals surface area contributed by atoms with Crippen LogP contribution in [0.4, 0.5) is 0 Å². The number of carbonyl (C=O) groups is 2. The molecular weight excluding hydrogens is 290 g/mol. The number of carbonyl (C=O) groups excluding carboxylic acids is 2. The second kappa shape index (κ2) is 8.64. The molecule has 1 N–H and O–H groups in total. The molecule has 0 unspecified atom stereocenters. The predicted molar refractivity (Wildman–Crippen MR) is 84.1 cm³/mol.